The highest BCUT2D eigenvalue weighted by molar-refractivity contribution is 9.09. The zero-order valence-electron chi connectivity index (χ0n) is 11.5. The number of thioether (sulfide) groups is 1. The van der Waals surface area contributed by atoms with Crippen molar-refractivity contribution in [3.8, 4) is 0 Å². The molecule has 0 aliphatic heterocycles. The van der Waals surface area contributed by atoms with Gasteiger partial charge in [0.05, 0.1) is 0 Å². The summed E-state index contributed by atoms with van der Waals surface area (Å²) in [5.74, 6) is 2.15. The van der Waals surface area contributed by atoms with Crippen molar-refractivity contribution in [2.45, 2.75) is 57.0 Å². The molecule has 104 valence electrons. The summed E-state index contributed by atoms with van der Waals surface area (Å²) >= 11 is 5.29. The monoisotopic (exact) mass is 333 g/mol. The molecule has 0 saturated heterocycles. The molecule has 0 fully saturated rings. The molecule has 0 amide bonds. The lowest BCUT2D eigenvalue weighted by Crippen LogP contribution is -1.94. The lowest BCUT2D eigenvalue weighted by atomic mass is 10.1. The zero-order chi connectivity index (χ0) is 13.2. The van der Waals surface area contributed by atoms with Crippen LogP contribution in [0.15, 0.2) is 5.16 Å². The molecule has 0 radical (unpaired) electrons. The Morgan fingerprint density at radius 1 is 1.00 bits per heavy atom. The fourth-order valence-corrected chi connectivity index (χ4v) is 3.11. The maximum atomic E-state index is 4.15. The summed E-state index contributed by atoms with van der Waals surface area (Å²) in [5, 5.41) is 10.4. The van der Waals surface area contributed by atoms with Crippen LogP contribution in [-0.4, -0.2) is 25.8 Å². The molecule has 0 aliphatic rings. The first-order chi connectivity index (χ1) is 8.75. The summed E-state index contributed by atoms with van der Waals surface area (Å²) in [5.41, 5.74) is 0. The largest absolute Gasteiger partial charge is 0.309 e. The van der Waals surface area contributed by atoms with Gasteiger partial charge in [0, 0.05) is 18.1 Å². The molecular formula is C13H24BrN3S. The highest BCUT2D eigenvalue weighted by Crippen LogP contribution is 2.18. The van der Waals surface area contributed by atoms with E-state index in [-0.39, 0.29) is 0 Å². The first-order valence-corrected chi connectivity index (χ1v) is 8.91. The second kappa shape index (κ2) is 9.84. The van der Waals surface area contributed by atoms with Crippen molar-refractivity contribution in [1.82, 2.24) is 14.8 Å². The molecule has 0 N–H and O–H groups in total. The van der Waals surface area contributed by atoms with Gasteiger partial charge >= 0.3 is 0 Å². The Morgan fingerprint density at radius 3 is 2.17 bits per heavy atom. The normalized spacial score (nSPS) is 11.1. The maximum absolute atomic E-state index is 4.15. The smallest absolute Gasteiger partial charge is 0.190 e. The van der Waals surface area contributed by atoms with E-state index in [1.54, 1.807) is 0 Å². The number of nitrogens with zero attached hydrogens (tertiary/aromatic N) is 3. The van der Waals surface area contributed by atoms with Crippen LogP contribution in [0.3, 0.4) is 0 Å². The van der Waals surface area contributed by atoms with E-state index in [0.717, 1.165) is 22.1 Å². The van der Waals surface area contributed by atoms with Crippen molar-refractivity contribution < 1.29 is 0 Å². The third-order valence-electron chi connectivity index (χ3n) is 3.06. The third kappa shape index (κ3) is 6.23. The van der Waals surface area contributed by atoms with Gasteiger partial charge in [-0.25, -0.2) is 0 Å². The number of aromatic nitrogens is 3. The van der Waals surface area contributed by atoms with Gasteiger partial charge in [0.1, 0.15) is 5.82 Å². The van der Waals surface area contributed by atoms with E-state index in [9.17, 15) is 0 Å². The van der Waals surface area contributed by atoms with E-state index in [1.807, 2.05) is 25.7 Å². The van der Waals surface area contributed by atoms with Gasteiger partial charge in [0.25, 0.3) is 0 Å². The van der Waals surface area contributed by atoms with Crippen LogP contribution in [0, 0.1) is 6.92 Å². The summed E-state index contributed by atoms with van der Waals surface area (Å²) < 4.78 is 2.06. The minimum Gasteiger partial charge on any atom is -0.309 e. The van der Waals surface area contributed by atoms with Gasteiger partial charge in [-0.2, -0.15) is 0 Å². The number of halogens is 1. The average molecular weight is 334 g/mol. The number of alkyl halides is 1. The van der Waals surface area contributed by atoms with Crippen LogP contribution >= 0.6 is 27.7 Å². The predicted octanol–water partition coefficient (Wildman–Crippen LogP) is 4.34. The second-order valence-corrected chi connectivity index (χ2v) is 6.46. The number of aryl methyl sites for hydroxylation is 1. The number of hydrogen-bond donors (Lipinski definition) is 0. The Hall–Kier alpha value is -0.0300. The molecule has 1 rings (SSSR count). The van der Waals surface area contributed by atoms with Crippen LogP contribution in [0.1, 0.15) is 50.8 Å². The second-order valence-electron chi connectivity index (χ2n) is 4.60. The van der Waals surface area contributed by atoms with Crippen molar-refractivity contribution in [3.05, 3.63) is 5.82 Å². The lowest BCUT2D eigenvalue weighted by molar-refractivity contribution is 0.605. The highest BCUT2D eigenvalue weighted by atomic mass is 79.9. The van der Waals surface area contributed by atoms with E-state index in [4.69, 9.17) is 0 Å². The molecule has 3 nitrogen and oxygen atoms in total. The molecule has 0 saturated carbocycles. The van der Waals surface area contributed by atoms with E-state index in [2.05, 4.69) is 30.7 Å². The summed E-state index contributed by atoms with van der Waals surface area (Å²) in [4.78, 5) is 0. The first kappa shape index (κ1) is 16.0. The summed E-state index contributed by atoms with van der Waals surface area (Å²) in [7, 11) is 2.03. The minimum atomic E-state index is 0.990. The van der Waals surface area contributed by atoms with Gasteiger partial charge in [0.2, 0.25) is 0 Å². The molecule has 0 atom stereocenters. The lowest BCUT2D eigenvalue weighted by Gasteiger charge is -2.02. The molecular weight excluding hydrogens is 310 g/mol. The third-order valence-corrected chi connectivity index (χ3v) is 4.73. The van der Waals surface area contributed by atoms with Crippen molar-refractivity contribution in [2.24, 2.45) is 7.05 Å². The first-order valence-electron chi connectivity index (χ1n) is 6.80. The molecule has 5 heteroatoms. The Morgan fingerprint density at radius 2 is 1.61 bits per heavy atom. The molecule has 0 spiro atoms. The van der Waals surface area contributed by atoms with E-state index in [1.165, 1.54) is 44.9 Å². The Balaban J connectivity index is 1.94. The van der Waals surface area contributed by atoms with Crippen LogP contribution in [0.2, 0.25) is 0 Å². The Kier molecular flexibility index (Phi) is 8.76. The maximum Gasteiger partial charge on any atom is 0.190 e. The molecule has 0 unspecified atom stereocenters. The fourth-order valence-electron chi connectivity index (χ4n) is 1.76. The fraction of sp³-hybridized carbons (Fsp3) is 0.846. The van der Waals surface area contributed by atoms with Gasteiger partial charge in [-0.15, -0.1) is 10.2 Å². The van der Waals surface area contributed by atoms with Crippen LogP contribution < -0.4 is 0 Å². The van der Waals surface area contributed by atoms with Crippen molar-refractivity contribution in [2.75, 3.05) is 11.1 Å². The molecule has 1 heterocycles. The van der Waals surface area contributed by atoms with Crippen molar-refractivity contribution >= 4 is 27.7 Å². The highest BCUT2D eigenvalue weighted by Gasteiger charge is 2.04. The minimum absolute atomic E-state index is 0.990. The van der Waals surface area contributed by atoms with Gasteiger partial charge in [-0.05, 0) is 19.8 Å². The number of hydrogen-bond acceptors (Lipinski definition) is 3. The summed E-state index contributed by atoms with van der Waals surface area (Å²) in [6.45, 7) is 1.99. The molecule has 0 aliphatic carbocycles. The molecule has 1 aromatic rings. The van der Waals surface area contributed by atoms with Gasteiger partial charge < -0.3 is 4.57 Å². The topological polar surface area (TPSA) is 30.7 Å². The van der Waals surface area contributed by atoms with Crippen LogP contribution in [-0.2, 0) is 7.05 Å². The molecule has 18 heavy (non-hydrogen) atoms. The van der Waals surface area contributed by atoms with E-state index in [0.29, 0.717) is 0 Å². The number of rotatable bonds is 10. The standard InChI is InChI=1S/C13H24BrN3S/c1-12-15-16-13(17(12)2)18-11-9-7-5-3-4-6-8-10-14/h3-11H2,1-2H3. The van der Waals surface area contributed by atoms with E-state index >= 15 is 0 Å². The van der Waals surface area contributed by atoms with Crippen LogP contribution in [0.5, 0.6) is 0 Å². The molecule has 0 aromatic carbocycles. The quantitative estimate of drug-likeness (QED) is 0.362. The number of unbranched alkanes of at least 4 members (excludes halogenated alkanes) is 6. The Bertz CT molecular complexity index is 328. The van der Waals surface area contributed by atoms with Crippen molar-refractivity contribution in [3.63, 3.8) is 0 Å². The summed E-state index contributed by atoms with van der Waals surface area (Å²) in [6, 6.07) is 0. The SMILES string of the molecule is Cc1nnc(SCCCCCCCCCBr)n1C. The molecule has 1 aromatic heterocycles. The van der Waals surface area contributed by atoms with Gasteiger partial charge in [-0.1, -0.05) is 59.8 Å². The molecule has 0 bridgehead atoms. The average Bonchev–Trinajstić information content (AvgIpc) is 2.68. The van der Waals surface area contributed by atoms with Crippen LogP contribution in [0.25, 0.3) is 0 Å². The van der Waals surface area contributed by atoms with E-state index < -0.39 is 0 Å². The zero-order valence-corrected chi connectivity index (χ0v) is 13.9. The summed E-state index contributed by atoms with van der Waals surface area (Å²) in [6.07, 6.45) is 9.48. The Labute approximate surface area is 123 Å². The predicted molar refractivity (Wildman–Crippen MR) is 82.6 cm³/mol. The van der Waals surface area contributed by atoms with Gasteiger partial charge in [-0.3, -0.25) is 0 Å². The van der Waals surface area contributed by atoms with Gasteiger partial charge in [0.15, 0.2) is 5.16 Å². The van der Waals surface area contributed by atoms with Crippen LogP contribution in [0.4, 0.5) is 0 Å². The van der Waals surface area contributed by atoms with Crippen molar-refractivity contribution in [1.29, 1.82) is 0 Å².